The maximum Gasteiger partial charge on any atom is 0.329 e. The van der Waals surface area contributed by atoms with Crippen molar-refractivity contribution in [1.82, 2.24) is 14.8 Å². The van der Waals surface area contributed by atoms with Crippen molar-refractivity contribution < 1.29 is 14.4 Å². The molecule has 0 bridgehead atoms. The van der Waals surface area contributed by atoms with E-state index in [1.165, 1.54) is 0 Å². The minimum atomic E-state index is -0.635. The second kappa shape index (κ2) is 9.48. The average Bonchev–Trinajstić information content (AvgIpc) is 3.19. The highest BCUT2D eigenvalue weighted by Crippen LogP contribution is 2.29. The molecule has 7 nitrogen and oxygen atoms in total. The number of halogens is 2. The van der Waals surface area contributed by atoms with Crippen molar-refractivity contribution in [3.8, 4) is 5.69 Å². The molecule has 34 heavy (non-hydrogen) atoms. The van der Waals surface area contributed by atoms with Crippen LogP contribution in [0.1, 0.15) is 22.5 Å². The smallest absolute Gasteiger partial charge is 0.325 e. The van der Waals surface area contributed by atoms with Crippen LogP contribution in [0.3, 0.4) is 0 Å². The summed E-state index contributed by atoms with van der Waals surface area (Å²) in [6.45, 7) is 5.39. The highest BCUT2D eigenvalue weighted by Gasteiger charge is 2.35. The summed E-state index contributed by atoms with van der Waals surface area (Å²) < 4.78 is 2.81. The van der Waals surface area contributed by atoms with Crippen molar-refractivity contribution >= 4 is 57.1 Å². The highest BCUT2D eigenvalue weighted by atomic mass is 79.9. The van der Waals surface area contributed by atoms with E-state index in [2.05, 4.69) is 26.6 Å². The lowest BCUT2D eigenvalue weighted by molar-refractivity contribution is -0.127. The molecule has 4 rings (SSSR count). The number of aromatic nitrogens is 1. The normalized spacial score (nSPS) is 14.6. The van der Waals surface area contributed by atoms with Crippen LogP contribution in [0.15, 0.2) is 58.7 Å². The first-order valence-corrected chi connectivity index (χ1v) is 11.7. The second-order valence-corrected chi connectivity index (χ2v) is 9.32. The lowest BCUT2D eigenvalue weighted by Crippen LogP contribution is -2.38. The van der Waals surface area contributed by atoms with E-state index in [0.29, 0.717) is 10.7 Å². The van der Waals surface area contributed by atoms with Gasteiger partial charge in [0.1, 0.15) is 12.2 Å². The molecule has 2 N–H and O–H groups in total. The van der Waals surface area contributed by atoms with Gasteiger partial charge in [-0.1, -0.05) is 23.7 Å². The minimum Gasteiger partial charge on any atom is -0.325 e. The maximum absolute atomic E-state index is 12.9. The van der Waals surface area contributed by atoms with E-state index < -0.39 is 17.8 Å². The van der Waals surface area contributed by atoms with Gasteiger partial charge in [0.15, 0.2) is 0 Å². The van der Waals surface area contributed by atoms with Gasteiger partial charge in [0.2, 0.25) is 5.91 Å². The van der Waals surface area contributed by atoms with E-state index in [1.807, 2.05) is 67.8 Å². The van der Waals surface area contributed by atoms with Gasteiger partial charge in [-0.3, -0.25) is 9.59 Å². The molecule has 2 aromatic carbocycles. The summed E-state index contributed by atoms with van der Waals surface area (Å²) in [7, 11) is 0. The lowest BCUT2D eigenvalue weighted by atomic mass is 10.2. The van der Waals surface area contributed by atoms with Gasteiger partial charge in [0.05, 0.1) is 5.02 Å². The predicted octanol–water partition coefficient (Wildman–Crippen LogP) is 5.35. The molecular formula is C25H22BrClN4O3. The van der Waals surface area contributed by atoms with Gasteiger partial charge < -0.3 is 15.2 Å². The molecule has 1 saturated heterocycles. The molecular weight excluding hydrogens is 520 g/mol. The number of amides is 4. The van der Waals surface area contributed by atoms with Crippen LogP contribution in [0.4, 0.5) is 10.5 Å². The van der Waals surface area contributed by atoms with Gasteiger partial charge in [-0.15, -0.1) is 0 Å². The minimum absolute atomic E-state index is 0.113. The van der Waals surface area contributed by atoms with E-state index in [1.54, 1.807) is 12.1 Å². The Balaban J connectivity index is 1.54. The highest BCUT2D eigenvalue weighted by molar-refractivity contribution is 9.10. The predicted molar refractivity (Wildman–Crippen MR) is 136 cm³/mol. The van der Waals surface area contributed by atoms with Gasteiger partial charge in [0.25, 0.3) is 5.91 Å². The largest absolute Gasteiger partial charge is 0.329 e. The van der Waals surface area contributed by atoms with Crippen molar-refractivity contribution in [2.24, 2.45) is 0 Å². The zero-order valence-corrected chi connectivity index (χ0v) is 21.1. The quantitative estimate of drug-likeness (QED) is 0.337. The Morgan fingerprint density at radius 1 is 1.12 bits per heavy atom. The van der Waals surface area contributed by atoms with Crippen LogP contribution in [0.25, 0.3) is 11.8 Å². The molecule has 3 aromatic rings. The molecule has 1 aromatic heterocycles. The number of carbonyl (C=O) groups is 3. The van der Waals surface area contributed by atoms with Crippen molar-refractivity contribution in [3.63, 3.8) is 0 Å². The fraction of sp³-hybridized carbons (Fsp3) is 0.160. The number of carbonyl (C=O) groups excluding carboxylic acids is 3. The van der Waals surface area contributed by atoms with E-state index in [0.717, 1.165) is 37.6 Å². The summed E-state index contributed by atoms with van der Waals surface area (Å²) in [6.07, 6.45) is 1.62. The molecule has 0 unspecified atom stereocenters. The fourth-order valence-electron chi connectivity index (χ4n) is 3.89. The zero-order valence-electron chi connectivity index (χ0n) is 18.8. The number of aryl methyl sites for hydroxylation is 2. The van der Waals surface area contributed by atoms with Crippen LogP contribution in [0, 0.1) is 20.8 Å². The SMILES string of the molecule is Cc1cccc(NC(=O)CN2C(=O)N/C(=C/c3cc(C)n(-c4ccc(Br)c(Cl)c4)c3C)C2=O)c1. The molecule has 1 aliphatic heterocycles. The van der Waals surface area contributed by atoms with E-state index in [4.69, 9.17) is 11.6 Å². The topological polar surface area (TPSA) is 83.4 Å². The molecule has 4 amide bonds. The average molecular weight is 542 g/mol. The molecule has 174 valence electrons. The Morgan fingerprint density at radius 3 is 2.59 bits per heavy atom. The van der Waals surface area contributed by atoms with Crippen LogP contribution < -0.4 is 10.6 Å². The first kappa shape index (κ1) is 23.8. The number of anilines is 1. The van der Waals surface area contributed by atoms with Crippen molar-refractivity contribution in [3.05, 3.63) is 86.2 Å². The maximum atomic E-state index is 12.9. The van der Waals surface area contributed by atoms with Crippen molar-refractivity contribution in [2.75, 3.05) is 11.9 Å². The van der Waals surface area contributed by atoms with Crippen LogP contribution in [0.2, 0.25) is 5.02 Å². The number of nitrogens with zero attached hydrogens (tertiary/aromatic N) is 2. The third kappa shape index (κ3) is 4.78. The van der Waals surface area contributed by atoms with E-state index >= 15 is 0 Å². The van der Waals surface area contributed by atoms with Gasteiger partial charge in [0, 0.05) is 27.2 Å². The standard InChI is InChI=1S/C25H22BrClN4O3/c1-14-5-4-6-18(9-14)28-23(32)13-30-24(33)22(29-25(30)34)11-17-10-15(2)31(16(17)3)19-7-8-20(26)21(27)12-19/h4-12H,13H2,1-3H3,(H,28,32)(H,29,34)/b22-11+. The molecule has 0 aliphatic carbocycles. The Morgan fingerprint density at radius 2 is 1.88 bits per heavy atom. The molecule has 1 fully saturated rings. The van der Waals surface area contributed by atoms with Crippen molar-refractivity contribution in [1.29, 1.82) is 0 Å². The molecule has 1 aliphatic rings. The lowest BCUT2D eigenvalue weighted by Gasteiger charge is -2.12. The number of imide groups is 1. The Kier molecular flexibility index (Phi) is 6.63. The van der Waals surface area contributed by atoms with E-state index in [-0.39, 0.29) is 12.2 Å². The second-order valence-electron chi connectivity index (χ2n) is 8.06. The molecule has 9 heteroatoms. The molecule has 2 heterocycles. The Bertz CT molecular complexity index is 1360. The number of urea groups is 1. The van der Waals surface area contributed by atoms with Crippen LogP contribution in [-0.4, -0.2) is 33.9 Å². The summed E-state index contributed by atoms with van der Waals surface area (Å²) in [5.74, 6) is -1.01. The Hall–Kier alpha value is -3.36. The van der Waals surface area contributed by atoms with Crippen LogP contribution >= 0.6 is 27.5 Å². The first-order chi connectivity index (χ1) is 16.1. The zero-order chi connectivity index (χ0) is 24.6. The summed E-state index contributed by atoms with van der Waals surface area (Å²) in [4.78, 5) is 38.6. The van der Waals surface area contributed by atoms with E-state index in [9.17, 15) is 14.4 Å². The number of hydrogen-bond acceptors (Lipinski definition) is 3. The summed E-state index contributed by atoms with van der Waals surface area (Å²) in [5, 5.41) is 5.87. The summed E-state index contributed by atoms with van der Waals surface area (Å²) in [6, 6.07) is 14.2. The number of hydrogen-bond donors (Lipinski definition) is 2. The molecule has 0 spiro atoms. The molecule has 0 atom stereocenters. The van der Waals surface area contributed by atoms with Gasteiger partial charge in [-0.2, -0.15) is 0 Å². The number of nitrogens with one attached hydrogen (secondary N) is 2. The number of benzene rings is 2. The van der Waals surface area contributed by atoms with Crippen LogP contribution in [0.5, 0.6) is 0 Å². The first-order valence-electron chi connectivity index (χ1n) is 10.5. The fourth-order valence-corrected chi connectivity index (χ4v) is 4.31. The molecule has 0 saturated carbocycles. The van der Waals surface area contributed by atoms with Crippen LogP contribution in [-0.2, 0) is 9.59 Å². The van der Waals surface area contributed by atoms with Crippen molar-refractivity contribution in [2.45, 2.75) is 20.8 Å². The summed E-state index contributed by atoms with van der Waals surface area (Å²) in [5.41, 5.74) is 5.17. The summed E-state index contributed by atoms with van der Waals surface area (Å²) >= 11 is 9.66. The van der Waals surface area contributed by atoms with Gasteiger partial charge in [-0.25, -0.2) is 9.69 Å². The Labute approximate surface area is 210 Å². The number of rotatable bonds is 5. The van der Waals surface area contributed by atoms with Gasteiger partial charge in [-0.05, 0) is 90.3 Å². The van der Waals surface area contributed by atoms with Gasteiger partial charge >= 0.3 is 6.03 Å². The third-order valence-corrected chi connectivity index (χ3v) is 6.73. The monoisotopic (exact) mass is 540 g/mol. The third-order valence-electron chi connectivity index (χ3n) is 5.50. The molecule has 0 radical (unpaired) electrons.